The number of nitrogens with zero attached hydrogens (tertiary/aromatic N) is 1. The molecule has 0 unspecified atom stereocenters. The number of rotatable bonds is 6. The van der Waals surface area contributed by atoms with Crippen molar-refractivity contribution in [1.82, 2.24) is 4.98 Å². The second-order valence-corrected chi connectivity index (χ2v) is 6.38. The van der Waals surface area contributed by atoms with E-state index < -0.39 is 0 Å². The molecular weight excluding hydrogens is 360 g/mol. The Bertz CT molecular complexity index is 840. The van der Waals surface area contributed by atoms with E-state index in [2.05, 4.69) is 10.3 Å². The van der Waals surface area contributed by atoms with E-state index in [1.54, 1.807) is 21.3 Å². The Kier molecular flexibility index (Phi) is 5.31. The molecule has 0 bridgehead atoms. The molecule has 0 saturated carbocycles. The van der Waals surface area contributed by atoms with E-state index in [1.807, 2.05) is 41.8 Å². The highest BCUT2D eigenvalue weighted by atomic mass is 35.5. The van der Waals surface area contributed by atoms with Gasteiger partial charge in [0.2, 0.25) is 5.75 Å². The lowest BCUT2D eigenvalue weighted by atomic mass is 10.2. The molecule has 25 heavy (non-hydrogen) atoms. The summed E-state index contributed by atoms with van der Waals surface area (Å²) in [5.74, 6) is 1.72. The highest BCUT2D eigenvalue weighted by molar-refractivity contribution is 7.14. The number of ether oxygens (including phenoxy) is 3. The Balaban J connectivity index is 1.86. The fourth-order valence-corrected chi connectivity index (χ4v) is 3.23. The van der Waals surface area contributed by atoms with E-state index >= 15 is 0 Å². The van der Waals surface area contributed by atoms with E-state index in [9.17, 15) is 0 Å². The molecule has 5 nitrogen and oxygen atoms in total. The highest BCUT2D eigenvalue weighted by Crippen LogP contribution is 2.41. The lowest BCUT2D eigenvalue weighted by Crippen LogP contribution is -1.97. The Morgan fingerprint density at radius 3 is 2.16 bits per heavy atom. The first kappa shape index (κ1) is 17.4. The van der Waals surface area contributed by atoms with Crippen LogP contribution in [-0.4, -0.2) is 26.3 Å². The van der Waals surface area contributed by atoms with Gasteiger partial charge in [0, 0.05) is 33.8 Å². The van der Waals surface area contributed by atoms with Crippen LogP contribution >= 0.6 is 22.9 Å². The van der Waals surface area contributed by atoms with E-state index in [0.717, 1.165) is 22.1 Å². The van der Waals surface area contributed by atoms with Gasteiger partial charge in [0.25, 0.3) is 0 Å². The number of nitrogens with one attached hydrogen (secondary N) is 1. The molecule has 0 aliphatic rings. The molecule has 0 atom stereocenters. The fourth-order valence-electron chi connectivity index (χ4n) is 2.36. The van der Waals surface area contributed by atoms with Gasteiger partial charge in [-0.3, -0.25) is 0 Å². The smallest absolute Gasteiger partial charge is 0.203 e. The second kappa shape index (κ2) is 7.63. The number of benzene rings is 2. The molecule has 0 saturated heterocycles. The summed E-state index contributed by atoms with van der Waals surface area (Å²) in [5, 5.41) is 6.73. The Labute approximate surface area is 155 Å². The number of anilines is 2. The minimum absolute atomic E-state index is 0.552. The molecule has 1 aromatic heterocycles. The van der Waals surface area contributed by atoms with Crippen molar-refractivity contribution < 1.29 is 14.2 Å². The van der Waals surface area contributed by atoms with Crippen LogP contribution in [0.5, 0.6) is 17.2 Å². The molecular formula is C18H17ClN2O3S. The monoisotopic (exact) mass is 376 g/mol. The maximum absolute atomic E-state index is 5.93. The van der Waals surface area contributed by atoms with E-state index in [0.29, 0.717) is 22.3 Å². The van der Waals surface area contributed by atoms with Crippen molar-refractivity contribution in [2.24, 2.45) is 0 Å². The molecule has 0 fully saturated rings. The zero-order valence-electron chi connectivity index (χ0n) is 14.0. The fraction of sp³-hybridized carbons (Fsp3) is 0.167. The summed E-state index contributed by atoms with van der Waals surface area (Å²) < 4.78 is 16.1. The molecule has 0 radical (unpaired) electrons. The average molecular weight is 377 g/mol. The van der Waals surface area contributed by atoms with Crippen LogP contribution in [0.2, 0.25) is 5.02 Å². The van der Waals surface area contributed by atoms with Crippen molar-refractivity contribution in [3.63, 3.8) is 0 Å². The second-order valence-electron chi connectivity index (χ2n) is 5.08. The van der Waals surface area contributed by atoms with Crippen LogP contribution in [0.4, 0.5) is 10.8 Å². The number of aromatic nitrogens is 1. The first-order chi connectivity index (χ1) is 12.1. The highest BCUT2D eigenvalue weighted by Gasteiger charge is 2.14. The molecule has 130 valence electrons. The maximum Gasteiger partial charge on any atom is 0.203 e. The third-order valence-electron chi connectivity index (χ3n) is 3.56. The first-order valence-corrected chi connectivity index (χ1v) is 8.69. The average Bonchev–Trinajstić information content (AvgIpc) is 3.09. The van der Waals surface area contributed by atoms with Gasteiger partial charge in [0.1, 0.15) is 0 Å². The van der Waals surface area contributed by atoms with Gasteiger partial charge in [0.15, 0.2) is 16.6 Å². The van der Waals surface area contributed by atoms with Crippen LogP contribution in [0.1, 0.15) is 0 Å². The van der Waals surface area contributed by atoms with Crippen LogP contribution in [-0.2, 0) is 0 Å². The molecule has 0 aliphatic carbocycles. The normalized spacial score (nSPS) is 10.4. The van der Waals surface area contributed by atoms with Gasteiger partial charge in [-0.1, -0.05) is 23.7 Å². The zero-order valence-corrected chi connectivity index (χ0v) is 15.6. The van der Waals surface area contributed by atoms with Crippen molar-refractivity contribution in [3.8, 4) is 28.5 Å². The van der Waals surface area contributed by atoms with Gasteiger partial charge < -0.3 is 19.5 Å². The lowest BCUT2D eigenvalue weighted by molar-refractivity contribution is 0.324. The minimum atomic E-state index is 0.552. The van der Waals surface area contributed by atoms with Gasteiger partial charge in [-0.25, -0.2) is 4.98 Å². The molecule has 3 aromatic rings. The minimum Gasteiger partial charge on any atom is -0.493 e. The molecule has 2 aromatic carbocycles. The van der Waals surface area contributed by atoms with E-state index in [1.165, 1.54) is 11.3 Å². The predicted octanol–water partition coefficient (Wildman–Crippen LogP) is 5.23. The number of hydrogen-bond donors (Lipinski definition) is 1. The molecule has 3 rings (SSSR count). The summed E-state index contributed by atoms with van der Waals surface area (Å²) in [6.07, 6.45) is 0. The van der Waals surface area contributed by atoms with Crippen molar-refractivity contribution in [1.29, 1.82) is 0 Å². The van der Waals surface area contributed by atoms with Crippen molar-refractivity contribution in [2.75, 3.05) is 26.6 Å². The third kappa shape index (κ3) is 3.81. The number of methoxy groups -OCH3 is 3. The SMILES string of the molecule is COc1cc(Nc2nc(-c3ccc(Cl)cc3)cs2)cc(OC)c1OC. The van der Waals surface area contributed by atoms with Crippen LogP contribution in [0, 0.1) is 0 Å². The number of halogens is 1. The van der Waals surface area contributed by atoms with Gasteiger partial charge in [-0.2, -0.15) is 0 Å². The largest absolute Gasteiger partial charge is 0.493 e. The van der Waals surface area contributed by atoms with Gasteiger partial charge in [-0.15, -0.1) is 11.3 Å². The summed E-state index contributed by atoms with van der Waals surface area (Å²) in [6, 6.07) is 11.3. The third-order valence-corrected chi connectivity index (χ3v) is 4.57. The molecule has 1 N–H and O–H groups in total. The van der Waals surface area contributed by atoms with Gasteiger partial charge >= 0.3 is 0 Å². The summed E-state index contributed by atoms with van der Waals surface area (Å²) in [4.78, 5) is 4.61. The van der Waals surface area contributed by atoms with Gasteiger partial charge in [0.05, 0.1) is 27.0 Å². The first-order valence-electron chi connectivity index (χ1n) is 7.43. The number of hydrogen-bond acceptors (Lipinski definition) is 6. The van der Waals surface area contributed by atoms with E-state index in [4.69, 9.17) is 25.8 Å². The van der Waals surface area contributed by atoms with Crippen LogP contribution in [0.3, 0.4) is 0 Å². The molecule has 0 spiro atoms. The predicted molar refractivity (Wildman–Crippen MR) is 102 cm³/mol. The van der Waals surface area contributed by atoms with Crippen LogP contribution in [0.15, 0.2) is 41.8 Å². The maximum atomic E-state index is 5.93. The quantitative estimate of drug-likeness (QED) is 0.638. The summed E-state index contributed by atoms with van der Waals surface area (Å²) in [6.45, 7) is 0. The van der Waals surface area contributed by atoms with Crippen LogP contribution in [0.25, 0.3) is 11.3 Å². The summed E-state index contributed by atoms with van der Waals surface area (Å²) in [7, 11) is 4.75. The van der Waals surface area contributed by atoms with Crippen LogP contribution < -0.4 is 19.5 Å². The van der Waals surface area contributed by atoms with Crippen molar-refractivity contribution >= 4 is 33.8 Å². The Morgan fingerprint density at radius 1 is 0.960 bits per heavy atom. The Hall–Kier alpha value is -2.44. The lowest BCUT2D eigenvalue weighted by Gasteiger charge is -2.14. The van der Waals surface area contributed by atoms with Gasteiger partial charge in [-0.05, 0) is 12.1 Å². The van der Waals surface area contributed by atoms with Crippen molar-refractivity contribution in [3.05, 3.63) is 46.8 Å². The molecule has 0 aliphatic heterocycles. The zero-order chi connectivity index (χ0) is 17.8. The standard InChI is InChI=1S/C18H17ClN2O3S/c1-22-15-8-13(9-16(23-2)17(15)24-3)20-18-21-14(10-25-18)11-4-6-12(19)7-5-11/h4-10H,1-3H3,(H,20,21). The Morgan fingerprint density at radius 2 is 1.60 bits per heavy atom. The molecule has 1 heterocycles. The summed E-state index contributed by atoms with van der Waals surface area (Å²) >= 11 is 7.44. The molecule has 0 amide bonds. The van der Waals surface area contributed by atoms with E-state index in [-0.39, 0.29) is 0 Å². The van der Waals surface area contributed by atoms with Crippen molar-refractivity contribution in [2.45, 2.75) is 0 Å². The number of thiazole rings is 1. The summed E-state index contributed by atoms with van der Waals surface area (Å²) in [5.41, 5.74) is 2.70. The molecule has 7 heteroatoms. The topological polar surface area (TPSA) is 52.6 Å².